The third-order valence-electron chi connectivity index (χ3n) is 5.54. The quantitative estimate of drug-likeness (QED) is 0.546. The fraction of sp³-hybridized carbons (Fsp3) is 0.391. The second-order valence-electron chi connectivity index (χ2n) is 7.64. The van der Waals surface area contributed by atoms with Crippen molar-refractivity contribution in [2.45, 2.75) is 32.6 Å². The Morgan fingerprint density at radius 1 is 1.07 bits per heavy atom. The predicted molar refractivity (Wildman–Crippen MR) is 125 cm³/mol. The molecular formula is C23H27ClN2O3S. The van der Waals surface area contributed by atoms with Crippen molar-refractivity contribution in [1.29, 1.82) is 0 Å². The highest BCUT2D eigenvalue weighted by Crippen LogP contribution is 2.44. The number of halogens is 1. The average molecular weight is 447 g/mol. The first-order chi connectivity index (χ1) is 13.9. The predicted octanol–water partition coefficient (Wildman–Crippen LogP) is 5.29. The molecule has 0 radical (unpaired) electrons. The lowest BCUT2D eigenvalue weighted by Gasteiger charge is -2.19. The number of pyridine rings is 1. The number of fused-ring (bicyclic) bond motifs is 3. The third-order valence-corrected chi connectivity index (χ3v) is 6.73. The molecule has 2 aromatic heterocycles. The van der Waals surface area contributed by atoms with Crippen LogP contribution in [-0.4, -0.2) is 44.1 Å². The smallest absolute Gasteiger partial charge is 0.255 e. The number of aromatic nitrogens is 1. The van der Waals surface area contributed by atoms with Crippen LogP contribution in [0, 0.1) is 6.92 Å². The lowest BCUT2D eigenvalue weighted by molar-refractivity contribution is 0.0827. The Bertz CT molecular complexity index is 1090. The lowest BCUT2D eigenvalue weighted by Crippen LogP contribution is -2.24. The zero-order valence-corrected chi connectivity index (χ0v) is 19.6. The number of ether oxygens (including phenoxy) is 2. The average Bonchev–Trinajstić information content (AvgIpc) is 3.09. The first-order valence-electron chi connectivity index (χ1n) is 9.84. The molecular weight excluding hydrogens is 420 g/mol. The van der Waals surface area contributed by atoms with Crippen molar-refractivity contribution in [2.24, 2.45) is 0 Å². The van der Waals surface area contributed by atoms with Gasteiger partial charge in [0.2, 0.25) is 0 Å². The minimum Gasteiger partial charge on any atom is -0.497 e. The number of benzene rings is 1. The maximum absolute atomic E-state index is 13.2. The monoisotopic (exact) mass is 446 g/mol. The molecule has 1 aliphatic rings. The largest absolute Gasteiger partial charge is 0.497 e. The summed E-state index contributed by atoms with van der Waals surface area (Å²) in [5.74, 6) is 1.37. The minimum atomic E-state index is -0.0375. The summed E-state index contributed by atoms with van der Waals surface area (Å²) in [6.07, 6.45) is 4.51. The molecule has 0 N–H and O–H groups in total. The van der Waals surface area contributed by atoms with E-state index in [9.17, 15) is 4.79 Å². The van der Waals surface area contributed by atoms with Crippen molar-refractivity contribution in [3.63, 3.8) is 0 Å². The SMILES string of the molecule is COc1cc(OC)cc(-c2c(C(=O)N(C)C)c(C)nc3sc4c(c23)CCCC4)c1.Cl. The number of hydrogen-bond acceptors (Lipinski definition) is 5. The standard InChI is InChI=1S/C23H26N2O3S.ClH/c1-13-19(23(26)25(2)3)20(14-10-15(27-4)12-16(11-14)28-5)21-17-8-6-7-9-18(17)29-22(21)24-13;/h10-12H,6-9H2,1-5H3;1H. The van der Waals surface area contributed by atoms with Gasteiger partial charge >= 0.3 is 0 Å². The van der Waals surface area contributed by atoms with Gasteiger partial charge in [0.15, 0.2) is 0 Å². The van der Waals surface area contributed by atoms with Crippen LogP contribution in [0.4, 0.5) is 0 Å². The summed E-state index contributed by atoms with van der Waals surface area (Å²) in [7, 11) is 6.85. The fourth-order valence-corrected chi connectivity index (χ4v) is 5.44. The van der Waals surface area contributed by atoms with Crippen molar-refractivity contribution >= 4 is 39.9 Å². The van der Waals surface area contributed by atoms with Crippen LogP contribution in [0.5, 0.6) is 11.5 Å². The summed E-state index contributed by atoms with van der Waals surface area (Å²) in [5, 5.41) is 1.12. The van der Waals surface area contributed by atoms with Gasteiger partial charge in [-0.1, -0.05) is 0 Å². The molecule has 0 bridgehead atoms. The second-order valence-corrected chi connectivity index (χ2v) is 8.72. The number of amides is 1. The lowest BCUT2D eigenvalue weighted by atomic mass is 9.89. The zero-order chi connectivity index (χ0) is 20.7. The number of carbonyl (C=O) groups excluding carboxylic acids is 1. The summed E-state index contributed by atoms with van der Waals surface area (Å²) < 4.78 is 11.0. The number of thiophene rings is 1. The summed E-state index contributed by atoms with van der Waals surface area (Å²) in [6.45, 7) is 1.93. The number of nitrogens with zero attached hydrogens (tertiary/aromatic N) is 2. The molecule has 7 heteroatoms. The topological polar surface area (TPSA) is 51.7 Å². The second kappa shape index (κ2) is 8.82. The molecule has 0 saturated carbocycles. The Hall–Kier alpha value is -2.31. The minimum absolute atomic E-state index is 0. The first-order valence-corrected chi connectivity index (χ1v) is 10.7. The zero-order valence-electron chi connectivity index (χ0n) is 18.0. The Kier molecular flexibility index (Phi) is 6.58. The molecule has 1 amide bonds. The molecule has 2 heterocycles. The Morgan fingerprint density at radius 3 is 2.30 bits per heavy atom. The van der Waals surface area contributed by atoms with Crippen LogP contribution in [0.2, 0.25) is 0 Å². The summed E-state index contributed by atoms with van der Waals surface area (Å²) in [5.41, 5.74) is 4.64. The maximum Gasteiger partial charge on any atom is 0.255 e. The Balaban J connectivity index is 0.00000256. The molecule has 0 saturated heterocycles. The van der Waals surface area contributed by atoms with Crippen LogP contribution in [0.3, 0.4) is 0 Å². The van der Waals surface area contributed by atoms with Crippen LogP contribution in [0.1, 0.15) is 39.3 Å². The van der Waals surface area contributed by atoms with Crippen LogP contribution in [-0.2, 0) is 12.8 Å². The van der Waals surface area contributed by atoms with E-state index in [1.54, 1.807) is 44.6 Å². The maximum atomic E-state index is 13.2. The van der Waals surface area contributed by atoms with Gasteiger partial charge in [-0.3, -0.25) is 4.79 Å². The van der Waals surface area contributed by atoms with Crippen LogP contribution < -0.4 is 9.47 Å². The van der Waals surface area contributed by atoms with Gasteiger partial charge in [0, 0.05) is 36.0 Å². The molecule has 1 aromatic carbocycles. The normalized spacial score (nSPS) is 12.8. The Morgan fingerprint density at radius 2 is 1.70 bits per heavy atom. The van der Waals surface area contributed by atoms with E-state index >= 15 is 0 Å². The first kappa shape index (κ1) is 22.4. The third kappa shape index (κ3) is 3.74. The molecule has 0 atom stereocenters. The number of hydrogen-bond donors (Lipinski definition) is 0. The van der Waals surface area contributed by atoms with Gasteiger partial charge in [0.05, 0.1) is 25.5 Å². The van der Waals surface area contributed by atoms with E-state index in [0.29, 0.717) is 17.1 Å². The van der Waals surface area contributed by atoms with Gasteiger partial charge in [-0.15, -0.1) is 23.7 Å². The summed E-state index contributed by atoms with van der Waals surface area (Å²) >= 11 is 1.77. The van der Waals surface area contributed by atoms with Crippen LogP contribution in [0.15, 0.2) is 18.2 Å². The number of carbonyl (C=O) groups is 1. The van der Waals surface area contributed by atoms with Gasteiger partial charge < -0.3 is 14.4 Å². The van der Waals surface area contributed by atoms with Crippen molar-refractivity contribution in [2.75, 3.05) is 28.3 Å². The van der Waals surface area contributed by atoms with Gasteiger partial charge in [-0.25, -0.2) is 4.98 Å². The van der Waals surface area contributed by atoms with Crippen molar-refractivity contribution in [3.05, 3.63) is 39.9 Å². The van der Waals surface area contributed by atoms with Crippen molar-refractivity contribution < 1.29 is 14.3 Å². The van der Waals surface area contributed by atoms with Crippen molar-refractivity contribution in [1.82, 2.24) is 9.88 Å². The highest BCUT2D eigenvalue weighted by atomic mass is 35.5. The van der Waals surface area contributed by atoms with E-state index in [2.05, 4.69) is 0 Å². The Labute approximate surface area is 187 Å². The van der Waals surface area contributed by atoms with Gasteiger partial charge in [-0.05, 0) is 55.9 Å². The number of methoxy groups -OCH3 is 2. The van der Waals surface area contributed by atoms with Crippen LogP contribution in [0.25, 0.3) is 21.3 Å². The molecule has 5 nitrogen and oxygen atoms in total. The number of rotatable bonds is 4. The highest BCUT2D eigenvalue weighted by Gasteiger charge is 2.27. The van der Waals surface area contributed by atoms with E-state index in [1.807, 2.05) is 25.1 Å². The molecule has 160 valence electrons. The highest BCUT2D eigenvalue weighted by molar-refractivity contribution is 7.19. The molecule has 0 fully saturated rings. The summed E-state index contributed by atoms with van der Waals surface area (Å²) in [4.78, 5) is 22.1. The number of aryl methyl sites for hydroxylation is 3. The van der Waals surface area contributed by atoms with E-state index in [0.717, 1.165) is 39.9 Å². The molecule has 0 aliphatic heterocycles. The van der Waals surface area contributed by atoms with E-state index < -0.39 is 0 Å². The van der Waals surface area contributed by atoms with E-state index in [1.165, 1.54) is 23.3 Å². The molecule has 0 unspecified atom stereocenters. The van der Waals surface area contributed by atoms with E-state index in [4.69, 9.17) is 14.5 Å². The van der Waals surface area contributed by atoms with Gasteiger partial charge in [-0.2, -0.15) is 0 Å². The van der Waals surface area contributed by atoms with E-state index in [-0.39, 0.29) is 18.3 Å². The fourth-order valence-electron chi connectivity index (χ4n) is 4.13. The molecule has 0 spiro atoms. The molecule has 4 rings (SSSR count). The molecule has 1 aliphatic carbocycles. The summed E-state index contributed by atoms with van der Waals surface area (Å²) in [6, 6.07) is 5.82. The molecule has 3 aromatic rings. The molecule has 30 heavy (non-hydrogen) atoms. The van der Waals surface area contributed by atoms with Gasteiger partial charge in [0.25, 0.3) is 5.91 Å². The van der Waals surface area contributed by atoms with Crippen molar-refractivity contribution in [3.8, 4) is 22.6 Å². The van der Waals surface area contributed by atoms with Crippen LogP contribution >= 0.6 is 23.7 Å². The van der Waals surface area contributed by atoms with Gasteiger partial charge in [0.1, 0.15) is 16.3 Å².